The first-order valence-corrected chi connectivity index (χ1v) is 10.7. The van der Waals surface area contributed by atoms with Crippen LogP contribution in [0.25, 0.3) is 16.9 Å². The second kappa shape index (κ2) is 8.19. The number of nitrogens with zero attached hydrogens (tertiary/aromatic N) is 3. The van der Waals surface area contributed by atoms with Crippen LogP contribution < -0.4 is 5.32 Å². The minimum Gasteiger partial charge on any atom is -0.373 e. The van der Waals surface area contributed by atoms with Crippen LogP contribution in [-0.4, -0.2) is 38.0 Å². The molecular formula is C24H30N4O2. The standard InChI is InChI=1S/C24H30N4O2/c1-16-14-21(17-6-5-12-25-15-17)27-22-20(11-13-28(16)22)23(29)26-18-7-9-19(10-8-18)30-24(2,3)4/h5-6,11-15,18-19H,7-10H2,1-4H3,(H,26,29)/t18-,19-. The highest BCUT2D eigenvalue weighted by Gasteiger charge is 2.27. The molecule has 0 bridgehead atoms. The molecule has 1 amide bonds. The van der Waals surface area contributed by atoms with Gasteiger partial charge in [-0.2, -0.15) is 0 Å². The normalized spacial score (nSPS) is 19.7. The van der Waals surface area contributed by atoms with Crippen molar-refractivity contribution in [3.63, 3.8) is 0 Å². The predicted octanol–water partition coefficient (Wildman–Crippen LogP) is 4.56. The molecule has 1 aliphatic carbocycles. The lowest BCUT2D eigenvalue weighted by atomic mass is 9.92. The molecule has 1 aliphatic rings. The molecule has 158 valence electrons. The van der Waals surface area contributed by atoms with E-state index >= 15 is 0 Å². The molecule has 1 saturated carbocycles. The van der Waals surface area contributed by atoms with Gasteiger partial charge in [0.1, 0.15) is 5.65 Å². The molecule has 0 aromatic carbocycles. The highest BCUT2D eigenvalue weighted by atomic mass is 16.5. The molecule has 0 atom stereocenters. The van der Waals surface area contributed by atoms with Crippen molar-refractivity contribution in [3.8, 4) is 11.3 Å². The number of hydrogen-bond acceptors (Lipinski definition) is 4. The fourth-order valence-corrected chi connectivity index (χ4v) is 4.16. The third kappa shape index (κ3) is 4.54. The van der Waals surface area contributed by atoms with E-state index in [4.69, 9.17) is 9.72 Å². The van der Waals surface area contributed by atoms with Gasteiger partial charge in [0.2, 0.25) is 0 Å². The molecule has 3 aromatic rings. The highest BCUT2D eigenvalue weighted by molar-refractivity contribution is 6.00. The molecule has 1 fully saturated rings. The number of rotatable bonds is 4. The van der Waals surface area contributed by atoms with Crippen molar-refractivity contribution in [3.05, 3.63) is 54.1 Å². The Balaban J connectivity index is 1.50. The van der Waals surface area contributed by atoms with E-state index in [0.29, 0.717) is 11.2 Å². The van der Waals surface area contributed by atoms with Crippen LogP contribution in [0.5, 0.6) is 0 Å². The molecule has 0 spiro atoms. The topological polar surface area (TPSA) is 68.5 Å². The van der Waals surface area contributed by atoms with E-state index in [1.807, 2.05) is 41.8 Å². The number of ether oxygens (including phenoxy) is 1. The summed E-state index contributed by atoms with van der Waals surface area (Å²) in [5.74, 6) is -0.0621. The van der Waals surface area contributed by atoms with E-state index < -0.39 is 0 Å². The van der Waals surface area contributed by atoms with Crippen molar-refractivity contribution >= 4 is 11.6 Å². The number of hydrogen-bond donors (Lipinski definition) is 1. The maximum absolute atomic E-state index is 13.0. The zero-order valence-electron chi connectivity index (χ0n) is 18.2. The number of pyridine rings is 1. The third-order valence-electron chi connectivity index (χ3n) is 5.54. The van der Waals surface area contributed by atoms with Crippen molar-refractivity contribution in [2.75, 3.05) is 0 Å². The first kappa shape index (κ1) is 20.5. The zero-order chi connectivity index (χ0) is 21.3. The fraction of sp³-hybridized carbons (Fsp3) is 0.458. The largest absolute Gasteiger partial charge is 0.373 e. The summed E-state index contributed by atoms with van der Waals surface area (Å²) >= 11 is 0. The van der Waals surface area contributed by atoms with Crippen molar-refractivity contribution in [1.29, 1.82) is 0 Å². The lowest BCUT2D eigenvalue weighted by Crippen LogP contribution is -2.40. The van der Waals surface area contributed by atoms with Crippen LogP contribution in [0.3, 0.4) is 0 Å². The molecule has 3 heterocycles. The van der Waals surface area contributed by atoms with E-state index in [1.54, 1.807) is 12.4 Å². The van der Waals surface area contributed by atoms with Crippen molar-refractivity contribution in [2.24, 2.45) is 0 Å². The van der Waals surface area contributed by atoms with E-state index in [9.17, 15) is 4.79 Å². The molecule has 0 radical (unpaired) electrons. The van der Waals surface area contributed by atoms with Crippen LogP contribution in [0.4, 0.5) is 0 Å². The van der Waals surface area contributed by atoms with Gasteiger partial charge in [-0.3, -0.25) is 9.78 Å². The Bertz CT molecular complexity index is 1030. The molecule has 0 saturated heterocycles. The van der Waals surface area contributed by atoms with Crippen LogP contribution in [0.2, 0.25) is 0 Å². The van der Waals surface area contributed by atoms with Crippen LogP contribution in [-0.2, 0) is 4.74 Å². The smallest absolute Gasteiger partial charge is 0.255 e. The summed E-state index contributed by atoms with van der Waals surface area (Å²) in [7, 11) is 0. The van der Waals surface area contributed by atoms with Gasteiger partial charge in [0.25, 0.3) is 5.91 Å². The Hall–Kier alpha value is -2.73. The van der Waals surface area contributed by atoms with E-state index in [2.05, 4.69) is 31.1 Å². The van der Waals surface area contributed by atoms with Crippen LogP contribution >= 0.6 is 0 Å². The molecule has 30 heavy (non-hydrogen) atoms. The summed E-state index contributed by atoms with van der Waals surface area (Å²) in [4.78, 5) is 22.0. The first-order chi connectivity index (χ1) is 14.3. The number of nitrogens with one attached hydrogen (secondary N) is 1. The average Bonchev–Trinajstić information content (AvgIpc) is 3.14. The fourth-order valence-electron chi connectivity index (χ4n) is 4.16. The SMILES string of the molecule is Cc1cc(-c2cccnc2)nc2c(C(=O)N[C@H]3CC[C@H](OC(C)(C)C)CC3)ccn12. The number of amides is 1. The minimum atomic E-state index is -0.123. The number of carbonyl (C=O) groups is 1. The summed E-state index contributed by atoms with van der Waals surface area (Å²) in [6, 6.07) is 7.91. The molecule has 3 aromatic heterocycles. The molecule has 0 aliphatic heterocycles. The van der Waals surface area contributed by atoms with Gasteiger partial charge in [0, 0.05) is 35.9 Å². The number of aromatic nitrogens is 3. The molecule has 0 unspecified atom stereocenters. The molecule has 4 rings (SSSR count). The van der Waals surface area contributed by atoms with Gasteiger partial charge >= 0.3 is 0 Å². The van der Waals surface area contributed by atoms with Gasteiger partial charge in [0.15, 0.2) is 0 Å². The van der Waals surface area contributed by atoms with Crippen molar-refractivity contribution in [1.82, 2.24) is 19.7 Å². The van der Waals surface area contributed by atoms with Gasteiger partial charge in [-0.15, -0.1) is 0 Å². The first-order valence-electron chi connectivity index (χ1n) is 10.7. The Morgan fingerprint density at radius 2 is 1.97 bits per heavy atom. The Kier molecular flexibility index (Phi) is 5.60. The van der Waals surface area contributed by atoms with E-state index in [-0.39, 0.29) is 23.7 Å². The number of aryl methyl sites for hydroxylation is 1. The van der Waals surface area contributed by atoms with Crippen molar-refractivity contribution < 1.29 is 9.53 Å². The lowest BCUT2D eigenvalue weighted by molar-refractivity contribution is -0.0757. The summed E-state index contributed by atoms with van der Waals surface area (Å²) in [6.45, 7) is 8.29. The van der Waals surface area contributed by atoms with Gasteiger partial charge in [-0.05, 0) is 77.6 Å². The second-order valence-electron chi connectivity index (χ2n) is 9.12. The van der Waals surface area contributed by atoms with E-state index in [1.165, 1.54) is 0 Å². The zero-order valence-corrected chi connectivity index (χ0v) is 18.2. The maximum atomic E-state index is 13.0. The minimum absolute atomic E-state index is 0.0621. The van der Waals surface area contributed by atoms with Crippen LogP contribution in [0, 0.1) is 6.92 Å². The van der Waals surface area contributed by atoms with Crippen LogP contribution in [0.1, 0.15) is 62.5 Å². The van der Waals surface area contributed by atoms with Crippen LogP contribution in [0.15, 0.2) is 42.9 Å². The van der Waals surface area contributed by atoms with Crippen molar-refractivity contribution in [2.45, 2.75) is 71.1 Å². The van der Waals surface area contributed by atoms with E-state index in [0.717, 1.165) is 42.6 Å². The molecular weight excluding hydrogens is 376 g/mol. The lowest BCUT2D eigenvalue weighted by Gasteiger charge is -2.33. The number of carbonyl (C=O) groups excluding carboxylic acids is 1. The van der Waals surface area contributed by atoms with Gasteiger partial charge in [0.05, 0.1) is 23.0 Å². The summed E-state index contributed by atoms with van der Waals surface area (Å²) in [6.07, 6.45) is 9.54. The summed E-state index contributed by atoms with van der Waals surface area (Å²) in [5, 5.41) is 3.22. The monoisotopic (exact) mass is 406 g/mol. The highest BCUT2D eigenvalue weighted by Crippen LogP contribution is 2.26. The van der Waals surface area contributed by atoms with Gasteiger partial charge < -0.3 is 14.5 Å². The summed E-state index contributed by atoms with van der Waals surface area (Å²) < 4.78 is 8.06. The second-order valence-corrected chi connectivity index (χ2v) is 9.12. The Labute approximate surface area is 177 Å². The maximum Gasteiger partial charge on any atom is 0.255 e. The van der Waals surface area contributed by atoms with Gasteiger partial charge in [-0.25, -0.2) is 4.98 Å². The molecule has 6 nitrogen and oxygen atoms in total. The molecule has 1 N–H and O–H groups in total. The van der Waals surface area contributed by atoms with Gasteiger partial charge in [-0.1, -0.05) is 0 Å². The number of fused-ring (bicyclic) bond motifs is 1. The predicted molar refractivity (Wildman–Crippen MR) is 118 cm³/mol. The molecule has 6 heteroatoms. The Morgan fingerprint density at radius 3 is 2.63 bits per heavy atom. The Morgan fingerprint density at radius 1 is 1.20 bits per heavy atom. The summed E-state index contributed by atoms with van der Waals surface area (Å²) in [5.41, 5.74) is 3.95. The quantitative estimate of drug-likeness (QED) is 0.690. The third-order valence-corrected chi connectivity index (χ3v) is 5.54. The average molecular weight is 407 g/mol.